The number of nitrogens with one attached hydrogen (secondary N) is 1. The summed E-state index contributed by atoms with van der Waals surface area (Å²) < 4.78 is 12.7. The van der Waals surface area contributed by atoms with Crippen LogP contribution in [-0.2, 0) is 4.74 Å². The number of pyridine rings is 1. The van der Waals surface area contributed by atoms with Gasteiger partial charge in [0.05, 0.1) is 32.1 Å². The Morgan fingerprint density at radius 3 is 2.64 bits per heavy atom. The lowest BCUT2D eigenvalue weighted by atomic mass is 9.87. The van der Waals surface area contributed by atoms with Crippen molar-refractivity contribution in [2.24, 2.45) is 0 Å². The maximum atomic E-state index is 5.59. The van der Waals surface area contributed by atoms with E-state index in [9.17, 15) is 0 Å². The van der Waals surface area contributed by atoms with Crippen molar-refractivity contribution in [1.29, 1.82) is 0 Å². The van der Waals surface area contributed by atoms with Crippen LogP contribution in [-0.4, -0.2) is 63.9 Å². The highest BCUT2D eigenvalue weighted by Gasteiger charge is 2.30. The minimum atomic E-state index is 0.379. The topological polar surface area (TPSA) is 67.7 Å². The number of fused-ring (bicyclic) bond motifs is 2. The average Bonchev–Trinajstić information content (AvgIpc) is 3.41. The molecule has 3 aromatic heterocycles. The molecule has 172 valence electrons. The summed E-state index contributed by atoms with van der Waals surface area (Å²) in [5.74, 6) is 1.68. The lowest BCUT2D eigenvalue weighted by molar-refractivity contribution is -0.0712. The molecule has 0 radical (unpaired) electrons. The molecule has 0 spiro atoms. The van der Waals surface area contributed by atoms with Crippen LogP contribution >= 0.6 is 0 Å². The molecule has 33 heavy (non-hydrogen) atoms. The van der Waals surface area contributed by atoms with Crippen molar-refractivity contribution in [3.8, 4) is 17.1 Å². The highest BCUT2D eigenvalue weighted by Crippen LogP contribution is 2.39. The highest BCUT2D eigenvalue weighted by molar-refractivity contribution is 5.92. The number of nitrogens with zero attached hydrogens (tertiary/aromatic N) is 4. The Morgan fingerprint density at radius 2 is 1.94 bits per heavy atom. The zero-order valence-corrected chi connectivity index (χ0v) is 19.5. The Kier molecular flexibility index (Phi) is 5.11. The first-order valence-electron chi connectivity index (χ1n) is 12.0. The van der Waals surface area contributed by atoms with Crippen LogP contribution in [0.15, 0.2) is 36.7 Å². The SMILES string of the molecule is COc1cc(-c2[nH]c3ccc(C4CCN(C5COC5)CC4)cc3c2C(C)C)cc2ncnn12. The second-order valence-electron chi connectivity index (χ2n) is 9.69. The van der Waals surface area contributed by atoms with Crippen LogP contribution in [0.4, 0.5) is 0 Å². The van der Waals surface area contributed by atoms with E-state index in [0.29, 0.717) is 23.8 Å². The average molecular weight is 446 g/mol. The van der Waals surface area contributed by atoms with Gasteiger partial charge in [-0.3, -0.25) is 4.90 Å². The number of methoxy groups -OCH3 is 1. The summed E-state index contributed by atoms with van der Waals surface area (Å²) in [5.41, 5.74) is 6.99. The van der Waals surface area contributed by atoms with Gasteiger partial charge >= 0.3 is 0 Å². The normalized spacial score (nSPS) is 18.4. The van der Waals surface area contributed by atoms with Crippen LogP contribution in [0.2, 0.25) is 0 Å². The van der Waals surface area contributed by atoms with Crippen molar-refractivity contribution in [2.45, 2.75) is 44.6 Å². The Hall–Kier alpha value is -2.90. The molecule has 2 aliphatic rings. The Balaban J connectivity index is 1.38. The molecule has 0 aliphatic carbocycles. The number of ether oxygens (including phenoxy) is 2. The molecule has 0 saturated carbocycles. The van der Waals surface area contributed by atoms with Gasteiger partial charge in [0.25, 0.3) is 0 Å². The fourth-order valence-electron chi connectivity index (χ4n) is 5.53. The van der Waals surface area contributed by atoms with E-state index in [4.69, 9.17) is 9.47 Å². The number of aromatic amines is 1. The minimum absolute atomic E-state index is 0.379. The van der Waals surface area contributed by atoms with Gasteiger partial charge in [-0.25, -0.2) is 4.98 Å². The van der Waals surface area contributed by atoms with E-state index in [0.717, 1.165) is 30.1 Å². The molecule has 0 atom stereocenters. The van der Waals surface area contributed by atoms with Gasteiger partial charge in [-0.15, -0.1) is 0 Å². The molecular weight excluding hydrogens is 414 g/mol. The molecule has 1 aromatic carbocycles. The van der Waals surface area contributed by atoms with Gasteiger partial charge in [0.15, 0.2) is 5.65 Å². The Bertz CT molecular complexity index is 1300. The number of hydrogen-bond acceptors (Lipinski definition) is 5. The van der Waals surface area contributed by atoms with Crippen molar-refractivity contribution in [3.05, 3.63) is 47.8 Å². The molecule has 2 fully saturated rings. The summed E-state index contributed by atoms with van der Waals surface area (Å²) in [4.78, 5) is 10.7. The summed E-state index contributed by atoms with van der Waals surface area (Å²) >= 11 is 0. The zero-order valence-electron chi connectivity index (χ0n) is 19.5. The zero-order chi connectivity index (χ0) is 22.5. The highest BCUT2D eigenvalue weighted by atomic mass is 16.5. The third-order valence-corrected chi connectivity index (χ3v) is 7.42. The van der Waals surface area contributed by atoms with E-state index in [1.165, 1.54) is 48.0 Å². The van der Waals surface area contributed by atoms with Crippen LogP contribution in [0.1, 0.15) is 49.7 Å². The minimum Gasteiger partial charge on any atom is -0.481 e. The van der Waals surface area contributed by atoms with Gasteiger partial charge < -0.3 is 14.5 Å². The molecule has 7 heteroatoms. The van der Waals surface area contributed by atoms with Gasteiger partial charge in [-0.1, -0.05) is 19.9 Å². The number of rotatable bonds is 5. The van der Waals surface area contributed by atoms with Crippen molar-refractivity contribution in [3.63, 3.8) is 0 Å². The lowest BCUT2D eigenvalue weighted by Gasteiger charge is -2.41. The van der Waals surface area contributed by atoms with E-state index in [-0.39, 0.29) is 0 Å². The predicted molar refractivity (Wildman–Crippen MR) is 129 cm³/mol. The molecule has 7 nitrogen and oxygen atoms in total. The number of H-pyrrole nitrogens is 1. The summed E-state index contributed by atoms with van der Waals surface area (Å²) in [6.07, 6.45) is 4.00. The van der Waals surface area contributed by atoms with E-state index >= 15 is 0 Å². The molecule has 6 rings (SSSR count). The molecular formula is C26H31N5O2. The first kappa shape index (κ1) is 20.7. The summed E-state index contributed by atoms with van der Waals surface area (Å²) in [5, 5.41) is 5.60. The van der Waals surface area contributed by atoms with E-state index in [2.05, 4.69) is 58.1 Å². The number of benzene rings is 1. The number of likely N-dealkylation sites (tertiary alicyclic amines) is 1. The molecule has 2 aliphatic heterocycles. The monoisotopic (exact) mass is 445 g/mol. The van der Waals surface area contributed by atoms with Gasteiger partial charge in [0.2, 0.25) is 5.88 Å². The molecule has 1 N–H and O–H groups in total. The Labute approximate surface area is 193 Å². The predicted octanol–water partition coefficient (Wildman–Crippen LogP) is 4.59. The third kappa shape index (κ3) is 3.50. The summed E-state index contributed by atoms with van der Waals surface area (Å²) in [6, 6.07) is 11.8. The largest absolute Gasteiger partial charge is 0.481 e. The molecule has 0 amide bonds. The quantitative estimate of drug-likeness (QED) is 0.487. The number of aromatic nitrogens is 4. The van der Waals surface area contributed by atoms with Crippen molar-refractivity contribution in [2.75, 3.05) is 33.4 Å². The summed E-state index contributed by atoms with van der Waals surface area (Å²) in [6.45, 7) is 8.70. The standard InChI is InChI=1S/C26H31N5O2/c1-16(2)25-21-10-18(17-6-8-30(9-7-17)20-13-33-14-20)4-5-22(21)29-26(25)19-11-23-27-15-28-31(23)24(12-19)32-3/h4-5,10-12,15-17,20,29H,6-9,13-14H2,1-3H3. The van der Waals surface area contributed by atoms with Crippen LogP contribution in [0.5, 0.6) is 5.88 Å². The van der Waals surface area contributed by atoms with Crippen LogP contribution < -0.4 is 4.74 Å². The van der Waals surface area contributed by atoms with Gasteiger partial charge in [-0.05, 0) is 67.1 Å². The maximum absolute atomic E-state index is 5.59. The summed E-state index contributed by atoms with van der Waals surface area (Å²) in [7, 11) is 1.67. The van der Waals surface area contributed by atoms with Crippen LogP contribution in [0, 0.1) is 0 Å². The van der Waals surface area contributed by atoms with E-state index in [1.807, 2.05) is 6.07 Å². The smallest absolute Gasteiger partial charge is 0.216 e. The number of piperidine rings is 1. The second kappa shape index (κ2) is 8.15. The first-order valence-corrected chi connectivity index (χ1v) is 12.0. The molecule has 0 unspecified atom stereocenters. The molecule has 0 bridgehead atoms. The van der Waals surface area contributed by atoms with Gasteiger partial charge in [0, 0.05) is 22.5 Å². The van der Waals surface area contributed by atoms with Crippen molar-refractivity contribution >= 4 is 16.6 Å². The van der Waals surface area contributed by atoms with E-state index in [1.54, 1.807) is 18.0 Å². The fourth-order valence-corrected chi connectivity index (χ4v) is 5.53. The van der Waals surface area contributed by atoms with Gasteiger partial charge in [0.1, 0.15) is 6.33 Å². The van der Waals surface area contributed by atoms with Crippen molar-refractivity contribution in [1.82, 2.24) is 24.5 Å². The molecule has 5 heterocycles. The van der Waals surface area contributed by atoms with Crippen LogP contribution in [0.3, 0.4) is 0 Å². The van der Waals surface area contributed by atoms with Crippen molar-refractivity contribution < 1.29 is 9.47 Å². The number of hydrogen-bond donors (Lipinski definition) is 1. The Morgan fingerprint density at radius 1 is 1.12 bits per heavy atom. The molecule has 4 aromatic rings. The van der Waals surface area contributed by atoms with Crippen LogP contribution in [0.25, 0.3) is 27.8 Å². The third-order valence-electron chi connectivity index (χ3n) is 7.42. The van der Waals surface area contributed by atoms with E-state index < -0.39 is 0 Å². The second-order valence-corrected chi connectivity index (χ2v) is 9.69. The molecule has 2 saturated heterocycles. The first-order chi connectivity index (χ1) is 16.1. The lowest BCUT2D eigenvalue weighted by Crippen LogP contribution is -2.51. The van der Waals surface area contributed by atoms with Gasteiger partial charge in [-0.2, -0.15) is 9.61 Å². The fraction of sp³-hybridized carbons (Fsp3) is 0.462. The maximum Gasteiger partial charge on any atom is 0.216 e.